The lowest BCUT2D eigenvalue weighted by atomic mass is 9.72. The molecule has 2 nitrogen and oxygen atoms in total. The van der Waals surface area contributed by atoms with Crippen LogP contribution in [-0.4, -0.2) is 31.1 Å². The van der Waals surface area contributed by atoms with Gasteiger partial charge in [-0.3, -0.25) is 0 Å². The van der Waals surface area contributed by atoms with E-state index in [1.165, 1.54) is 31.5 Å². The molecule has 1 aliphatic carbocycles. The molecular weight excluding hydrogens is 208 g/mol. The van der Waals surface area contributed by atoms with Crippen molar-refractivity contribution in [2.45, 2.75) is 59.4 Å². The third-order valence-corrected chi connectivity index (χ3v) is 4.05. The smallest absolute Gasteiger partial charge is 0.0137 e. The second-order valence-corrected chi connectivity index (χ2v) is 4.71. The molecule has 17 heavy (non-hydrogen) atoms. The number of rotatable bonds is 0. The lowest BCUT2D eigenvalue weighted by Gasteiger charge is -2.41. The van der Waals surface area contributed by atoms with E-state index in [9.17, 15) is 0 Å². The van der Waals surface area contributed by atoms with Gasteiger partial charge in [-0.05, 0) is 45.8 Å². The van der Waals surface area contributed by atoms with E-state index >= 15 is 0 Å². The van der Waals surface area contributed by atoms with Crippen molar-refractivity contribution in [1.29, 1.82) is 0 Å². The van der Waals surface area contributed by atoms with Crippen LogP contribution >= 0.6 is 0 Å². The maximum absolute atomic E-state index is 6.20. The summed E-state index contributed by atoms with van der Waals surface area (Å²) in [6.07, 6.45) is 4.76. The minimum absolute atomic E-state index is 0.312. The van der Waals surface area contributed by atoms with Crippen LogP contribution in [0.5, 0.6) is 0 Å². The Balaban J connectivity index is 0.000000581. The molecule has 2 heteroatoms. The summed E-state index contributed by atoms with van der Waals surface area (Å²) in [5.74, 6) is 0. The molecule has 102 valence electrons. The molecule has 0 amide bonds. The Bertz CT molecular complexity index is 215. The quantitative estimate of drug-likeness (QED) is 0.657. The van der Waals surface area contributed by atoms with E-state index in [2.05, 4.69) is 18.5 Å². The molecule has 1 spiro atoms. The normalized spacial score (nSPS) is 26.9. The van der Waals surface area contributed by atoms with Gasteiger partial charge in [0, 0.05) is 11.5 Å². The Morgan fingerprint density at radius 2 is 1.65 bits per heavy atom. The van der Waals surface area contributed by atoms with Crippen molar-refractivity contribution in [2.75, 3.05) is 20.1 Å². The van der Waals surface area contributed by atoms with E-state index in [1.54, 1.807) is 0 Å². The molecular formula is C15H32N2. The fourth-order valence-corrected chi connectivity index (χ4v) is 2.86. The lowest BCUT2D eigenvalue weighted by molar-refractivity contribution is 0.144. The molecule has 2 fully saturated rings. The average molecular weight is 240 g/mol. The predicted octanol–water partition coefficient (Wildman–Crippen LogP) is 3.43. The highest BCUT2D eigenvalue weighted by molar-refractivity contribution is 5.21. The third kappa shape index (κ3) is 3.56. The van der Waals surface area contributed by atoms with Gasteiger partial charge in [0.25, 0.3) is 0 Å². The van der Waals surface area contributed by atoms with Crippen LogP contribution in [0.4, 0.5) is 0 Å². The molecule has 2 N–H and O–H groups in total. The summed E-state index contributed by atoms with van der Waals surface area (Å²) in [5.41, 5.74) is 7.94. The Morgan fingerprint density at radius 3 is 2.00 bits per heavy atom. The van der Waals surface area contributed by atoms with Crippen LogP contribution in [-0.2, 0) is 0 Å². The first-order valence-electron chi connectivity index (χ1n) is 7.27. The summed E-state index contributed by atoms with van der Waals surface area (Å²) in [5, 5.41) is 0. The maximum atomic E-state index is 6.20. The summed E-state index contributed by atoms with van der Waals surface area (Å²) >= 11 is 0. The van der Waals surface area contributed by atoms with Crippen molar-refractivity contribution in [2.24, 2.45) is 11.1 Å². The zero-order chi connectivity index (χ0) is 13.5. The van der Waals surface area contributed by atoms with E-state index in [0.717, 1.165) is 12.8 Å². The largest absolute Gasteiger partial charge is 0.327 e. The van der Waals surface area contributed by atoms with Gasteiger partial charge in [-0.25, -0.2) is 0 Å². The van der Waals surface area contributed by atoms with Gasteiger partial charge in [-0.1, -0.05) is 39.8 Å². The van der Waals surface area contributed by atoms with Crippen LogP contribution in [0.15, 0.2) is 12.2 Å². The Labute approximate surface area is 108 Å². The average Bonchev–Trinajstić information content (AvgIpc) is 2.66. The standard InChI is InChI=1S/C11H20N2.2C2H6/c1-9-3-4-10(12)11(9)5-7-13(2)8-6-11;2*1-2/h10H,1,3-8,12H2,2H3;2*1-2H3. The fraction of sp³-hybridized carbons (Fsp3) is 0.867. The second-order valence-electron chi connectivity index (χ2n) is 4.71. The Kier molecular flexibility index (Phi) is 7.73. The summed E-state index contributed by atoms with van der Waals surface area (Å²) < 4.78 is 0. The van der Waals surface area contributed by atoms with Gasteiger partial charge in [0.1, 0.15) is 0 Å². The van der Waals surface area contributed by atoms with Gasteiger partial charge in [-0.2, -0.15) is 0 Å². The van der Waals surface area contributed by atoms with E-state index in [0.29, 0.717) is 11.5 Å². The lowest BCUT2D eigenvalue weighted by Crippen LogP contribution is -2.46. The molecule has 0 aromatic carbocycles. The topological polar surface area (TPSA) is 29.3 Å². The van der Waals surface area contributed by atoms with Crippen LogP contribution in [0, 0.1) is 5.41 Å². The summed E-state index contributed by atoms with van der Waals surface area (Å²) in [7, 11) is 2.19. The monoisotopic (exact) mass is 240 g/mol. The zero-order valence-electron chi connectivity index (χ0n) is 12.6. The van der Waals surface area contributed by atoms with Crippen molar-refractivity contribution < 1.29 is 0 Å². The molecule has 1 unspecified atom stereocenters. The van der Waals surface area contributed by atoms with Gasteiger partial charge in [0.2, 0.25) is 0 Å². The number of nitrogens with two attached hydrogens (primary N) is 1. The predicted molar refractivity (Wildman–Crippen MR) is 78.2 cm³/mol. The molecule has 1 saturated heterocycles. The summed E-state index contributed by atoms with van der Waals surface area (Å²) in [6.45, 7) is 14.6. The molecule has 0 bridgehead atoms. The first-order chi connectivity index (χ1) is 8.15. The molecule has 1 saturated carbocycles. The van der Waals surface area contributed by atoms with E-state index in [1.807, 2.05) is 27.7 Å². The van der Waals surface area contributed by atoms with Gasteiger partial charge in [-0.15, -0.1) is 0 Å². The highest BCUT2D eigenvalue weighted by atomic mass is 15.1. The summed E-state index contributed by atoms with van der Waals surface area (Å²) in [6, 6.07) is 0.383. The van der Waals surface area contributed by atoms with Crippen molar-refractivity contribution in [3.05, 3.63) is 12.2 Å². The Morgan fingerprint density at radius 1 is 1.18 bits per heavy atom. The highest BCUT2D eigenvalue weighted by Crippen LogP contribution is 2.48. The molecule has 0 aromatic rings. The van der Waals surface area contributed by atoms with Crippen LogP contribution in [0.3, 0.4) is 0 Å². The Hall–Kier alpha value is -0.340. The first kappa shape index (κ1) is 16.7. The van der Waals surface area contributed by atoms with Crippen LogP contribution in [0.2, 0.25) is 0 Å². The molecule has 0 radical (unpaired) electrons. The number of piperidine rings is 1. The molecule has 2 aliphatic rings. The fourth-order valence-electron chi connectivity index (χ4n) is 2.86. The second kappa shape index (κ2) is 7.88. The van der Waals surface area contributed by atoms with Crippen LogP contribution in [0.25, 0.3) is 0 Å². The molecule has 1 atom stereocenters. The van der Waals surface area contributed by atoms with Gasteiger partial charge in [0.15, 0.2) is 0 Å². The van der Waals surface area contributed by atoms with Gasteiger partial charge in [0.05, 0.1) is 0 Å². The summed E-state index contributed by atoms with van der Waals surface area (Å²) in [4.78, 5) is 2.39. The number of hydrogen-bond acceptors (Lipinski definition) is 2. The van der Waals surface area contributed by atoms with Gasteiger partial charge >= 0.3 is 0 Å². The first-order valence-corrected chi connectivity index (χ1v) is 7.27. The number of nitrogens with zero attached hydrogens (tertiary/aromatic N) is 1. The van der Waals surface area contributed by atoms with E-state index < -0.39 is 0 Å². The molecule has 1 aliphatic heterocycles. The third-order valence-electron chi connectivity index (χ3n) is 4.05. The highest BCUT2D eigenvalue weighted by Gasteiger charge is 2.44. The number of likely N-dealkylation sites (tertiary alicyclic amines) is 1. The molecule has 1 heterocycles. The van der Waals surface area contributed by atoms with Crippen LogP contribution < -0.4 is 5.73 Å². The van der Waals surface area contributed by atoms with E-state index in [4.69, 9.17) is 5.73 Å². The zero-order valence-corrected chi connectivity index (χ0v) is 12.6. The van der Waals surface area contributed by atoms with Crippen molar-refractivity contribution >= 4 is 0 Å². The molecule has 2 rings (SSSR count). The SMILES string of the molecule is C=C1CCC(N)C12CCN(C)CC2.CC.CC. The molecule has 0 aromatic heterocycles. The van der Waals surface area contributed by atoms with Crippen molar-refractivity contribution in [1.82, 2.24) is 4.90 Å². The van der Waals surface area contributed by atoms with E-state index in [-0.39, 0.29) is 0 Å². The minimum atomic E-state index is 0.312. The maximum Gasteiger partial charge on any atom is 0.0137 e. The number of hydrogen-bond donors (Lipinski definition) is 1. The van der Waals surface area contributed by atoms with Crippen molar-refractivity contribution in [3.8, 4) is 0 Å². The van der Waals surface area contributed by atoms with Crippen LogP contribution in [0.1, 0.15) is 53.4 Å². The van der Waals surface area contributed by atoms with Gasteiger partial charge < -0.3 is 10.6 Å². The van der Waals surface area contributed by atoms with Crippen molar-refractivity contribution in [3.63, 3.8) is 0 Å². The minimum Gasteiger partial charge on any atom is -0.327 e.